The van der Waals surface area contributed by atoms with Gasteiger partial charge in [0.05, 0.1) is 66.2 Å². The minimum absolute atomic E-state index is 0.0106. The summed E-state index contributed by atoms with van der Waals surface area (Å²) in [6.07, 6.45) is -0.249. The Morgan fingerprint density at radius 1 is 0.847 bits per heavy atom. The second-order valence-corrected chi connectivity index (χ2v) is 21.1. The second kappa shape index (κ2) is 21.4. The van der Waals surface area contributed by atoms with E-state index in [-0.39, 0.29) is 94.5 Å². The summed E-state index contributed by atoms with van der Waals surface area (Å²) in [6, 6.07) is 7.54. The van der Waals surface area contributed by atoms with Crippen LogP contribution in [-0.2, 0) is 37.0 Å². The van der Waals surface area contributed by atoms with Crippen LogP contribution in [-0.4, -0.2) is 170 Å². The van der Waals surface area contributed by atoms with E-state index in [2.05, 4.69) is 25.7 Å². The molecule has 72 heavy (non-hydrogen) atoms. The molecule has 3 aliphatic rings. The van der Waals surface area contributed by atoms with Gasteiger partial charge < -0.3 is 48.6 Å². The van der Waals surface area contributed by atoms with E-state index in [4.69, 9.17) is 25.8 Å². The third-order valence-corrected chi connectivity index (χ3v) is 13.1. The van der Waals surface area contributed by atoms with Crippen LogP contribution in [0.1, 0.15) is 81.1 Å². The molecule has 0 atom stereocenters. The van der Waals surface area contributed by atoms with Crippen molar-refractivity contribution in [1.29, 1.82) is 0 Å². The van der Waals surface area contributed by atoms with Crippen LogP contribution in [0.15, 0.2) is 48.9 Å². The molecule has 6 heterocycles. The van der Waals surface area contributed by atoms with Gasteiger partial charge in [0.15, 0.2) is 23.9 Å². The first-order valence-electron chi connectivity index (χ1n) is 23.9. The minimum atomic E-state index is -4.85. The number of aromatic nitrogens is 5. The van der Waals surface area contributed by atoms with Crippen LogP contribution < -0.4 is 10.6 Å². The zero-order chi connectivity index (χ0) is 52.3. The molecule has 390 valence electrons. The lowest BCUT2D eigenvalue weighted by Gasteiger charge is -2.49. The van der Waals surface area contributed by atoms with Crippen molar-refractivity contribution < 1.29 is 55.8 Å². The molecule has 0 radical (unpaired) electrons. The van der Waals surface area contributed by atoms with Crippen molar-refractivity contribution in [3.8, 4) is 17.1 Å². The van der Waals surface area contributed by atoms with Crippen LogP contribution in [0.2, 0.25) is 5.02 Å². The van der Waals surface area contributed by atoms with Gasteiger partial charge in [0.25, 0.3) is 11.8 Å². The molecule has 3 saturated heterocycles. The third-order valence-electron chi connectivity index (χ3n) is 12.8. The number of hydrogen-bond donors (Lipinski definition) is 2. The van der Waals surface area contributed by atoms with E-state index in [1.807, 2.05) is 41.5 Å². The van der Waals surface area contributed by atoms with E-state index in [1.165, 1.54) is 48.3 Å². The first-order valence-corrected chi connectivity index (χ1v) is 24.3. The van der Waals surface area contributed by atoms with Crippen LogP contribution in [0, 0.1) is 11.8 Å². The third kappa shape index (κ3) is 13.0. The lowest BCUT2D eigenvalue weighted by atomic mass is 9.90. The molecule has 23 heteroatoms. The minimum Gasteiger partial charge on any atom is -0.456 e. The maximum atomic E-state index is 14.3. The van der Waals surface area contributed by atoms with Gasteiger partial charge in [-0.05, 0) is 71.9 Å². The Morgan fingerprint density at radius 3 is 2.10 bits per heavy atom. The molecule has 2 N–H and O–H groups in total. The smallest absolute Gasteiger partial charge is 0.435 e. The largest absolute Gasteiger partial charge is 0.456 e. The Kier molecular flexibility index (Phi) is 15.9. The molecule has 0 unspecified atom stereocenters. The summed E-state index contributed by atoms with van der Waals surface area (Å²) in [5, 5.41) is 9.60. The first-order chi connectivity index (χ1) is 33.8. The van der Waals surface area contributed by atoms with E-state index < -0.39 is 29.0 Å². The second-order valence-electron chi connectivity index (χ2n) is 20.7. The number of alkyl halides is 3. The fourth-order valence-corrected chi connectivity index (χ4v) is 9.58. The Balaban J connectivity index is 0.928. The summed E-state index contributed by atoms with van der Waals surface area (Å²) in [5.74, 6) is -1.52. The monoisotopic (exact) mass is 1030 g/mol. The zero-order valence-electron chi connectivity index (χ0n) is 42.0. The molecule has 4 aromatic rings. The number of rotatable bonds is 14. The van der Waals surface area contributed by atoms with Crippen LogP contribution in [0.3, 0.4) is 0 Å². The van der Waals surface area contributed by atoms with Crippen LogP contribution in [0.5, 0.6) is 0 Å². The quantitative estimate of drug-likeness (QED) is 0.0807. The number of ether oxygens (including phenoxy) is 3. The van der Waals surface area contributed by atoms with Crippen molar-refractivity contribution in [2.45, 2.75) is 71.8 Å². The van der Waals surface area contributed by atoms with Crippen LogP contribution in [0.4, 0.5) is 29.3 Å². The molecule has 3 aromatic heterocycles. The number of esters is 1. The molecule has 3 aliphatic heterocycles. The van der Waals surface area contributed by atoms with Crippen molar-refractivity contribution in [2.75, 3.05) is 96.3 Å². The molecule has 7 rings (SSSR count). The number of nitrogens with zero attached hydrogens (tertiary/aromatic N) is 9. The summed E-state index contributed by atoms with van der Waals surface area (Å²) in [6.45, 7) is 16.3. The number of amides is 4. The number of piperazine rings is 1. The number of piperidine rings is 1. The van der Waals surface area contributed by atoms with Crippen molar-refractivity contribution >= 4 is 52.8 Å². The molecule has 4 amide bonds. The average molecular weight is 1030 g/mol. The normalized spacial score (nSPS) is 18.9. The molecule has 0 saturated carbocycles. The number of carbonyl (C=O) groups is 5. The lowest BCUT2D eigenvalue weighted by molar-refractivity contribution is -0.930. The van der Waals surface area contributed by atoms with E-state index in [9.17, 15) is 37.1 Å². The molecule has 0 bridgehead atoms. The summed E-state index contributed by atoms with van der Waals surface area (Å²) >= 11 is 6.63. The topological polar surface area (TPSA) is 195 Å². The summed E-state index contributed by atoms with van der Waals surface area (Å²) < 4.78 is 61.9. The molecular formula is C49H64ClF3N11O8+. The fourth-order valence-electron chi connectivity index (χ4n) is 9.32. The van der Waals surface area contributed by atoms with E-state index in [1.54, 1.807) is 27.9 Å². The summed E-state index contributed by atoms with van der Waals surface area (Å²) in [7, 11) is 2.97. The van der Waals surface area contributed by atoms with E-state index >= 15 is 0 Å². The van der Waals surface area contributed by atoms with Crippen molar-refractivity contribution in [3.05, 3.63) is 71.0 Å². The highest BCUT2D eigenvalue weighted by molar-refractivity contribution is 6.34. The average Bonchev–Trinajstić information content (AvgIpc) is 3.91. The first kappa shape index (κ1) is 53.5. The Hall–Kier alpha value is -6.26. The Bertz CT molecular complexity index is 2620. The number of benzene rings is 1. The van der Waals surface area contributed by atoms with Crippen molar-refractivity contribution in [3.63, 3.8) is 0 Å². The standard InChI is InChI=1S/C49H63ClF3N11O8/c1-47(2,3)71-40(65)30-64(29-31-26-62(27-31)46(69)72-48(4,5)6)20-13-32(14-21-64)44(67)60-16-18-61(19-17-60)45(68)35-11-9-33(23-37(35)50)57-43(66)42-56-25-38(59(42)7)36-28-63(58-41(36)49(51,52)53)39-12-10-34(24-55-39)54-15-22-70-8/h9-12,23-25,28,31-32,54H,13-22,26-27,29-30H2,1-8H3/p+1. The SMILES string of the molecule is COCCNc1ccc(-n2cc(-c3cnc(C(=O)Nc4ccc(C(=O)N5CCN(C(=O)C6CC[N+](CC(=O)OC(C)(C)C)(CC7CN(C(=O)OC(C)(C)C)C7)CC6)CC5)c(Cl)c4)n3C)c(C(F)(F)F)n2)nc1. The number of pyridine rings is 1. The lowest BCUT2D eigenvalue weighted by Crippen LogP contribution is -2.64. The maximum absolute atomic E-state index is 14.3. The van der Waals surface area contributed by atoms with Gasteiger partial charge in [-0.1, -0.05) is 11.6 Å². The highest BCUT2D eigenvalue weighted by Crippen LogP contribution is 2.37. The number of anilines is 2. The predicted molar refractivity (Wildman–Crippen MR) is 260 cm³/mol. The van der Waals surface area contributed by atoms with Gasteiger partial charge in [0.2, 0.25) is 5.91 Å². The fraction of sp³-hybridized carbons (Fsp3) is 0.551. The highest BCUT2D eigenvalue weighted by atomic mass is 35.5. The maximum Gasteiger partial charge on any atom is 0.435 e. The predicted octanol–water partition coefficient (Wildman–Crippen LogP) is 6.37. The van der Waals surface area contributed by atoms with Crippen molar-refractivity contribution in [2.24, 2.45) is 18.9 Å². The van der Waals surface area contributed by atoms with E-state index in [0.717, 1.165) is 10.9 Å². The molecule has 0 aliphatic carbocycles. The van der Waals surface area contributed by atoms with Crippen molar-refractivity contribution in [1.82, 2.24) is 39.0 Å². The van der Waals surface area contributed by atoms with Crippen LogP contribution in [0.25, 0.3) is 17.1 Å². The summed E-state index contributed by atoms with van der Waals surface area (Å²) in [4.78, 5) is 80.4. The number of hydrogen-bond acceptors (Lipinski definition) is 12. The van der Waals surface area contributed by atoms with Gasteiger partial charge in [0.1, 0.15) is 11.2 Å². The number of quaternary nitrogens is 1. The molecule has 3 fully saturated rings. The number of carbonyl (C=O) groups excluding carboxylic acids is 5. The zero-order valence-corrected chi connectivity index (χ0v) is 42.7. The summed E-state index contributed by atoms with van der Waals surface area (Å²) in [5.41, 5.74) is -1.74. The van der Waals surface area contributed by atoms with Gasteiger partial charge in [-0.15, -0.1) is 0 Å². The number of likely N-dealkylation sites (tertiary alicyclic amines) is 2. The molecule has 19 nitrogen and oxygen atoms in total. The molecule has 1 aromatic carbocycles. The van der Waals surface area contributed by atoms with Gasteiger partial charge in [-0.25, -0.2) is 24.2 Å². The number of methoxy groups -OCH3 is 1. The number of halogens is 4. The number of imidazole rings is 1. The van der Waals surface area contributed by atoms with Gasteiger partial charge >= 0.3 is 18.2 Å². The van der Waals surface area contributed by atoms with E-state index in [0.29, 0.717) is 82.0 Å². The highest BCUT2D eigenvalue weighted by Gasteiger charge is 2.46. The number of nitrogens with one attached hydrogen (secondary N) is 2. The Labute approximate surface area is 421 Å². The van der Waals surface area contributed by atoms with Gasteiger partial charge in [-0.3, -0.25) is 14.4 Å². The van der Waals surface area contributed by atoms with Gasteiger partial charge in [0, 0.05) is 96.5 Å². The molecule has 0 spiro atoms. The molecular weight excluding hydrogens is 963 g/mol. The van der Waals surface area contributed by atoms with Crippen LogP contribution >= 0.6 is 11.6 Å². The Morgan fingerprint density at radius 2 is 1.50 bits per heavy atom. The van der Waals surface area contributed by atoms with Gasteiger partial charge in [-0.2, -0.15) is 18.3 Å².